The molecule has 0 heterocycles. The van der Waals surface area contributed by atoms with Crippen molar-refractivity contribution in [3.05, 3.63) is 0 Å². The van der Waals surface area contributed by atoms with Crippen molar-refractivity contribution in [1.29, 1.82) is 0 Å². The Bertz CT molecular complexity index is 300. The van der Waals surface area contributed by atoms with Crippen molar-refractivity contribution in [3.63, 3.8) is 0 Å². The molecular weight excluding hydrogens is 252 g/mol. The Kier molecular flexibility index (Phi) is 9.48. The summed E-state index contributed by atoms with van der Waals surface area (Å²) in [4.78, 5) is 34.4. The van der Waals surface area contributed by atoms with Crippen LogP contribution in [0.5, 0.6) is 0 Å². The van der Waals surface area contributed by atoms with Crippen LogP contribution in [-0.4, -0.2) is 37.2 Å². The van der Waals surface area contributed by atoms with E-state index in [4.69, 9.17) is 14.2 Å². The van der Waals surface area contributed by atoms with Crippen LogP contribution < -0.4 is 0 Å². The Morgan fingerprint density at radius 2 is 1.58 bits per heavy atom. The van der Waals surface area contributed by atoms with E-state index in [1.165, 1.54) is 0 Å². The van der Waals surface area contributed by atoms with Gasteiger partial charge in [0, 0.05) is 6.42 Å². The third-order valence-electron chi connectivity index (χ3n) is 2.22. The fourth-order valence-corrected chi connectivity index (χ4v) is 1.32. The third-order valence-corrected chi connectivity index (χ3v) is 2.22. The van der Waals surface area contributed by atoms with E-state index in [2.05, 4.69) is 0 Å². The molecule has 0 aliphatic rings. The topological polar surface area (TPSA) is 78.9 Å². The molecule has 0 aliphatic heterocycles. The molecule has 0 saturated carbocycles. The lowest BCUT2D eigenvalue weighted by Crippen LogP contribution is -2.32. The lowest BCUT2D eigenvalue weighted by Gasteiger charge is -2.15. The van der Waals surface area contributed by atoms with E-state index in [-0.39, 0.29) is 26.1 Å². The van der Waals surface area contributed by atoms with E-state index in [9.17, 15) is 14.4 Å². The van der Waals surface area contributed by atoms with Gasteiger partial charge in [-0.3, -0.25) is 9.59 Å². The second-order valence-corrected chi connectivity index (χ2v) is 3.84. The van der Waals surface area contributed by atoms with E-state index in [1.807, 2.05) is 6.92 Å². The molecule has 6 nitrogen and oxygen atoms in total. The van der Waals surface area contributed by atoms with Crippen molar-refractivity contribution in [1.82, 2.24) is 0 Å². The van der Waals surface area contributed by atoms with E-state index in [0.29, 0.717) is 6.42 Å². The zero-order valence-corrected chi connectivity index (χ0v) is 11.8. The van der Waals surface area contributed by atoms with Crippen LogP contribution in [-0.2, 0) is 28.6 Å². The first-order chi connectivity index (χ1) is 9.04. The average molecular weight is 274 g/mol. The van der Waals surface area contributed by atoms with Crippen molar-refractivity contribution in [2.24, 2.45) is 0 Å². The molecule has 0 aromatic carbocycles. The van der Waals surface area contributed by atoms with Gasteiger partial charge in [0.15, 0.2) is 0 Å². The highest BCUT2D eigenvalue weighted by Crippen LogP contribution is 2.07. The lowest BCUT2D eigenvalue weighted by atomic mass is 10.2. The van der Waals surface area contributed by atoms with Gasteiger partial charge in [-0.1, -0.05) is 13.3 Å². The molecule has 110 valence electrons. The summed E-state index contributed by atoms with van der Waals surface area (Å²) >= 11 is 0. The highest BCUT2D eigenvalue weighted by atomic mass is 16.6. The van der Waals surface area contributed by atoms with Gasteiger partial charge < -0.3 is 14.2 Å². The quantitative estimate of drug-likeness (QED) is 0.469. The summed E-state index contributed by atoms with van der Waals surface area (Å²) in [7, 11) is 0. The lowest BCUT2D eigenvalue weighted by molar-refractivity contribution is -0.171. The minimum Gasteiger partial charge on any atom is -0.466 e. The summed E-state index contributed by atoms with van der Waals surface area (Å²) in [5, 5.41) is 0. The summed E-state index contributed by atoms with van der Waals surface area (Å²) in [6, 6.07) is 0. The maximum absolute atomic E-state index is 11.6. The summed E-state index contributed by atoms with van der Waals surface area (Å²) in [5.41, 5.74) is 0. The normalized spacial score (nSPS) is 11.5. The summed E-state index contributed by atoms with van der Waals surface area (Å²) in [6.45, 7) is 5.60. The molecule has 0 saturated heterocycles. The van der Waals surface area contributed by atoms with Crippen LogP contribution in [0.3, 0.4) is 0 Å². The van der Waals surface area contributed by atoms with Gasteiger partial charge in [-0.2, -0.15) is 0 Å². The third kappa shape index (κ3) is 8.18. The Labute approximate surface area is 113 Å². The molecule has 0 N–H and O–H groups in total. The Morgan fingerprint density at radius 3 is 2.11 bits per heavy atom. The standard InChI is InChI=1S/C13H22O6/c1-4-7-8-11(14)19-10(13(16)18-6-3)9-12(15)17-5-2/h10H,4-9H2,1-3H3/t10-/m0/s1. The molecule has 6 heteroatoms. The van der Waals surface area contributed by atoms with Crippen molar-refractivity contribution in [2.45, 2.75) is 52.6 Å². The molecule has 0 bridgehead atoms. The van der Waals surface area contributed by atoms with E-state index in [1.54, 1.807) is 13.8 Å². The van der Waals surface area contributed by atoms with Crippen molar-refractivity contribution >= 4 is 17.9 Å². The van der Waals surface area contributed by atoms with E-state index < -0.39 is 24.0 Å². The van der Waals surface area contributed by atoms with Gasteiger partial charge in [-0.25, -0.2) is 4.79 Å². The summed E-state index contributed by atoms with van der Waals surface area (Å²) in [6.07, 6.45) is 0.202. The molecule has 0 aromatic heterocycles. The minimum absolute atomic E-state index is 0.157. The highest BCUT2D eigenvalue weighted by Gasteiger charge is 2.27. The predicted octanol–water partition coefficient (Wildman–Crippen LogP) is 1.60. The molecular formula is C13H22O6. The van der Waals surface area contributed by atoms with Crippen LogP contribution in [0.25, 0.3) is 0 Å². The van der Waals surface area contributed by atoms with Gasteiger partial charge in [0.25, 0.3) is 0 Å². The smallest absolute Gasteiger partial charge is 0.348 e. The second kappa shape index (κ2) is 10.3. The minimum atomic E-state index is -1.22. The monoisotopic (exact) mass is 274 g/mol. The van der Waals surface area contributed by atoms with Crippen molar-refractivity contribution in [3.8, 4) is 0 Å². The van der Waals surface area contributed by atoms with Crippen LogP contribution >= 0.6 is 0 Å². The molecule has 19 heavy (non-hydrogen) atoms. The summed E-state index contributed by atoms with van der Waals surface area (Å²) < 4.78 is 14.5. The van der Waals surface area contributed by atoms with Gasteiger partial charge in [-0.15, -0.1) is 0 Å². The molecule has 0 amide bonds. The van der Waals surface area contributed by atoms with Crippen LogP contribution in [0.4, 0.5) is 0 Å². The van der Waals surface area contributed by atoms with Crippen molar-refractivity contribution < 1.29 is 28.6 Å². The fourth-order valence-electron chi connectivity index (χ4n) is 1.32. The zero-order valence-electron chi connectivity index (χ0n) is 11.8. The Balaban J connectivity index is 4.44. The molecule has 1 atom stereocenters. The molecule has 0 radical (unpaired) electrons. The van der Waals surface area contributed by atoms with Gasteiger partial charge in [-0.05, 0) is 20.3 Å². The molecule has 0 aliphatic carbocycles. The van der Waals surface area contributed by atoms with Crippen LogP contribution in [0.2, 0.25) is 0 Å². The first-order valence-corrected chi connectivity index (χ1v) is 6.56. The maximum Gasteiger partial charge on any atom is 0.348 e. The second-order valence-electron chi connectivity index (χ2n) is 3.84. The predicted molar refractivity (Wildman–Crippen MR) is 67.3 cm³/mol. The molecule has 0 unspecified atom stereocenters. The first-order valence-electron chi connectivity index (χ1n) is 6.56. The molecule has 0 rings (SSSR count). The van der Waals surface area contributed by atoms with Crippen LogP contribution in [0.1, 0.15) is 46.5 Å². The Morgan fingerprint density at radius 1 is 0.947 bits per heavy atom. The van der Waals surface area contributed by atoms with Gasteiger partial charge in [0.1, 0.15) is 0 Å². The van der Waals surface area contributed by atoms with Gasteiger partial charge >= 0.3 is 17.9 Å². The zero-order chi connectivity index (χ0) is 14.7. The first kappa shape index (κ1) is 17.4. The van der Waals surface area contributed by atoms with Crippen LogP contribution in [0.15, 0.2) is 0 Å². The number of esters is 3. The number of carbonyl (C=O) groups is 3. The molecule has 0 aromatic rings. The fraction of sp³-hybridized carbons (Fsp3) is 0.769. The Hall–Kier alpha value is -1.59. The van der Waals surface area contributed by atoms with Crippen LogP contribution in [0, 0.1) is 0 Å². The highest BCUT2D eigenvalue weighted by molar-refractivity contribution is 5.84. The number of ether oxygens (including phenoxy) is 3. The van der Waals surface area contributed by atoms with Gasteiger partial charge in [0.05, 0.1) is 19.6 Å². The SMILES string of the molecule is CCCCC(=O)O[C@@H](CC(=O)OCC)C(=O)OCC. The summed E-state index contributed by atoms with van der Waals surface area (Å²) in [5.74, 6) is -1.83. The number of hydrogen-bond donors (Lipinski definition) is 0. The number of rotatable bonds is 9. The maximum atomic E-state index is 11.6. The number of carbonyl (C=O) groups excluding carboxylic acids is 3. The average Bonchev–Trinajstić information content (AvgIpc) is 2.36. The van der Waals surface area contributed by atoms with E-state index >= 15 is 0 Å². The van der Waals surface area contributed by atoms with Crippen molar-refractivity contribution in [2.75, 3.05) is 13.2 Å². The van der Waals surface area contributed by atoms with E-state index in [0.717, 1.165) is 6.42 Å². The number of unbranched alkanes of at least 4 members (excludes halogenated alkanes) is 1. The van der Waals surface area contributed by atoms with Gasteiger partial charge in [0.2, 0.25) is 6.10 Å². The molecule has 0 fully saturated rings. The number of hydrogen-bond acceptors (Lipinski definition) is 6. The molecule has 0 spiro atoms. The largest absolute Gasteiger partial charge is 0.466 e.